The number of hydrogen-bond donors (Lipinski definition) is 3. The number of nitrogens with one attached hydrogen (secondary N) is 1. The second-order valence-corrected chi connectivity index (χ2v) is 9.43. The van der Waals surface area contributed by atoms with Crippen LogP contribution in [0.15, 0.2) is 85.1 Å². The van der Waals surface area contributed by atoms with E-state index in [0.717, 1.165) is 51.4 Å². The summed E-state index contributed by atoms with van der Waals surface area (Å²) in [5.74, 6) is -0.157. The number of unbranched alkanes of at least 4 members (excludes halogenated alkanes) is 5. The Morgan fingerprint density at radius 3 is 1.66 bits per heavy atom. The topological polar surface area (TPSA) is 69.6 Å². The van der Waals surface area contributed by atoms with Crippen molar-refractivity contribution in [3.05, 3.63) is 85.1 Å². The highest BCUT2D eigenvalue weighted by molar-refractivity contribution is 5.76. The number of hydrogen-bond acceptors (Lipinski definition) is 3. The molecule has 0 aromatic heterocycles. The van der Waals surface area contributed by atoms with Crippen LogP contribution in [0.3, 0.4) is 0 Å². The fraction of sp³-hybridized carbons (Fsp3) is 0.559. The van der Waals surface area contributed by atoms with E-state index in [1.54, 1.807) is 6.08 Å². The standard InChI is InChI=1S/C34H55NO3/c1-3-5-7-9-11-12-13-14-15-16-17-18-19-20-21-22-24-26-28-30-34(38)35-32(31-36)33(37)29-27-25-23-10-8-6-4-2/h5,7,11-12,14-15,17-18,20-21,24,26-27,29,32-33,36-37H,3-4,6,8-10,13,16,19,22-23,25,28,30-31H2,1-2H3,(H,35,38)/b7-5-,12-11-,15-14-,18-17-,21-20-,26-24-,29-27+. The zero-order valence-corrected chi connectivity index (χ0v) is 24.1. The van der Waals surface area contributed by atoms with E-state index >= 15 is 0 Å². The Morgan fingerprint density at radius 1 is 0.658 bits per heavy atom. The molecule has 0 saturated heterocycles. The first-order valence-electron chi connectivity index (χ1n) is 14.8. The molecule has 0 saturated carbocycles. The summed E-state index contributed by atoms with van der Waals surface area (Å²) in [5.41, 5.74) is 0. The molecule has 0 bridgehead atoms. The van der Waals surface area contributed by atoms with Crippen LogP contribution in [0, 0.1) is 0 Å². The number of allylic oxidation sites excluding steroid dienone is 13. The SMILES string of the molecule is CC/C=C\C/C=C\C/C=C\C/C=C\C/C=C\C/C=C\CCC(=O)NC(CO)C(O)/C=C/CCCCCCC. The van der Waals surface area contributed by atoms with Crippen LogP contribution >= 0.6 is 0 Å². The van der Waals surface area contributed by atoms with Gasteiger partial charge in [-0.3, -0.25) is 4.79 Å². The van der Waals surface area contributed by atoms with Crippen LogP contribution in [0.2, 0.25) is 0 Å². The van der Waals surface area contributed by atoms with Crippen molar-refractivity contribution in [2.24, 2.45) is 0 Å². The second-order valence-electron chi connectivity index (χ2n) is 9.43. The highest BCUT2D eigenvalue weighted by Gasteiger charge is 2.17. The van der Waals surface area contributed by atoms with E-state index in [4.69, 9.17) is 0 Å². The van der Waals surface area contributed by atoms with Crippen LogP contribution in [0.4, 0.5) is 0 Å². The third kappa shape index (κ3) is 25.2. The monoisotopic (exact) mass is 525 g/mol. The molecular formula is C34H55NO3. The molecule has 0 aromatic rings. The molecular weight excluding hydrogens is 470 g/mol. The van der Waals surface area contributed by atoms with Gasteiger partial charge in [-0.05, 0) is 57.8 Å². The van der Waals surface area contributed by atoms with Crippen molar-refractivity contribution < 1.29 is 15.0 Å². The molecule has 0 spiro atoms. The number of rotatable bonds is 24. The van der Waals surface area contributed by atoms with Gasteiger partial charge < -0.3 is 15.5 Å². The maximum atomic E-state index is 12.2. The van der Waals surface area contributed by atoms with Crippen molar-refractivity contribution in [2.75, 3.05) is 6.61 Å². The number of carbonyl (C=O) groups is 1. The van der Waals surface area contributed by atoms with Crippen LogP contribution in [-0.4, -0.2) is 34.9 Å². The van der Waals surface area contributed by atoms with Crippen molar-refractivity contribution in [3.8, 4) is 0 Å². The normalized spacial score (nSPS) is 14.5. The van der Waals surface area contributed by atoms with E-state index in [1.165, 1.54) is 25.7 Å². The lowest BCUT2D eigenvalue weighted by Gasteiger charge is -2.19. The Morgan fingerprint density at radius 2 is 1.16 bits per heavy atom. The Bertz CT molecular complexity index is 743. The van der Waals surface area contributed by atoms with Gasteiger partial charge in [-0.1, -0.05) is 125 Å². The number of amides is 1. The smallest absolute Gasteiger partial charge is 0.220 e. The first-order valence-corrected chi connectivity index (χ1v) is 14.8. The summed E-state index contributed by atoms with van der Waals surface area (Å²) in [6.45, 7) is 4.06. The minimum absolute atomic E-state index is 0.157. The molecule has 0 aliphatic carbocycles. The molecule has 0 fully saturated rings. The third-order valence-corrected chi connectivity index (χ3v) is 5.90. The zero-order valence-electron chi connectivity index (χ0n) is 24.1. The molecule has 0 radical (unpaired) electrons. The van der Waals surface area contributed by atoms with Gasteiger partial charge in [-0.25, -0.2) is 0 Å². The van der Waals surface area contributed by atoms with Crippen molar-refractivity contribution in [2.45, 2.75) is 116 Å². The molecule has 2 atom stereocenters. The van der Waals surface area contributed by atoms with Crippen LogP contribution in [0.25, 0.3) is 0 Å². The summed E-state index contributed by atoms with van der Waals surface area (Å²) in [6.07, 6.45) is 42.4. The highest BCUT2D eigenvalue weighted by Crippen LogP contribution is 2.07. The largest absolute Gasteiger partial charge is 0.394 e. The van der Waals surface area contributed by atoms with E-state index in [0.29, 0.717) is 12.8 Å². The Hall–Kier alpha value is -2.43. The fourth-order valence-electron chi connectivity index (χ4n) is 3.61. The number of carbonyl (C=O) groups excluding carboxylic acids is 1. The van der Waals surface area contributed by atoms with E-state index in [2.05, 4.69) is 86.0 Å². The summed E-state index contributed by atoms with van der Waals surface area (Å²) in [7, 11) is 0. The van der Waals surface area contributed by atoms with E-state index in [1.807, 2.05) is 12.2 Å². The number of aliphatic hydroxyl groups is 2. The Kier molecular flexibility index (Phi) is 27.3. The molecule has 4 nitrogen and oxygen atoms in total. The molecule has 0 rings (SSSR count). The van der Waals surface area contributed by atoms with Gasteiger partial charge in [0, 0.05) is 6.42 Å². The van der Waals surface area contributed by atoms with Gasteiger partial charge in [-0.2, -0.15) is 0 Å². The predicted molar refractivity (Wildman–Crippen MR) is 165 cm³/mol. The zero-order chi connectivity index (χ0) is 27.9. The number of aliphatic hydroxyl groups excluding tert-OH is 2. The first kappa shape index (κ1) is 35.6. The van der Waals surface area contributed by atoms with Crippen molar-refractivity contribution >= 4 is 5.91 Å². The predicted octanol–water partition coefficient (Wildman–Crippen LogP) is 8.22. The summed E-state index contributed by atoms with van der Waals surface area (Å²) in [4.78, 5) is 12.2. The average molecular weight is 526 g/mol. The maximum Gasteiger partial charge on any atom is 0.220 e. The fourth-order valence-corrected chi connectivity index (χ4v) is 3.61. The lowest BCUT2D eigenvalue weighted by molar-refractivity contribution is -0.122. The van der Waals surface area contributed by atoms with Gasteiger partial charge in [0.25, 0.3) is 0 Å². The highest BCUT2D eigenvalue weighted by atomic mass is 16.3. The molecule has 4 heteroatoms. The van der Waals surface area contributed by atoms with Crippen molar-refractivity contribution in [1.82, 2.24) is 5.32 Å². The quantitative estimate of drug-likeness (QED) is 0.0878. The first-order chi connectivity index (χ1) is 18.7. The van der Waals surface area contributed by atoms with Gasteiger partial charge in [0.15, 0.2) is 0 Å². The molecule has 0 aromatic carbocycles. The van der Waals surface area contributed by atoms with Crippen LogP contribution < -0.4 is 5.32 Å². The summed E-state index contributed by atoms with van der Waals surface area (Å²) in [5, 5.41) is 22.5. The Balaban J connectivity index is 3.89. The molecule has 0 aliphatic heterocycles. The summed E-state index contributed by atoms with van der Waals surface area (Å²) in [6, 6.07) is -0.663. The summed E-state index contributed by atoms with van der Waals surface area (Å²) >= 11 is 0. The van der Waals surface area contributed by atoms with Gasteiger partial charge in [-0.15, -0.1) is 0 Å². The van der Waals surface area contributed by atoms with Crippen LogP contribution in [0.1, 0.15) is 104 Å². The molecule has 1 amide bonds. The van der Waals surface area contributed by atoms with Gasteiger partial charge in [0.05, 0.1) is 18.8 Å². The van der Waals surface area contributed by atoms with E-state index < -0.39 is 12.1 Å². The lowest BCUT2D eigenvalue weighted by Crippen LogP contribution is -2.45. The van der Waals surface area contributed by atoms with E-state index in [-0.39, 0.29) is 12.5 Å². The molecule has 0 aliphatic rings. The lowest BCUT2D eigenvalue weighted by atomic mass is 10.1. The van der Waals surface area contributed by atoms with Gasteiger partial charge in [0.2, 0.25) is 5.91 Å². The molecule has 2 unspecified atom stereocenters. The van der Waals surface area contributed by atoms with Gasteiger partial charge >= 0.3 is 0 Å². The maximum absolute atomic E-state index is 12.2. The van der Waals surface area contributed by atoms with Crippen molar-refractivity contribution in [3.63, 3.8) is 0 Å². The van der Waals surface area contributed by atoms with Crippen molar-refractivity contribution in [1.29, 1.82) is 0 Å². The van der Waals surface area contributed by atoms with Crippen LogP contribution in [0.5, 0.6) is 0 Å². The average Bonchev–Trinajstić information content (AvgIpc) is 2.92. The van der Waals surface area contributed by atoms with Crippen LogP contribution in [-0.2, 0) is 4.79 Å². The molecule has 0 heterocycles. The second kappa shape index (κ2) is 29.1. The third-order valence-electron chi connectivity index (χ3n) is 5.90. The van der Waals surface area contributed by atoms with Gasteiger partial charge in [0.1, 0.15) is 0 Å². The molecule has 3 N–H and O–H groups in total. The summed E-state index contributed by atoms with van der Waals surface area (Å²) < 4.78 is 0. The molecule has 38 heavy (non-hydrogen) atoms. The Labute approximate surface area is 233 Å². The minimum Gasteiger partial charge on any atom is -0.394 e. The van der Waals surface area contributed by atoms with E-state index in [9.17, 15) is 15.0 Å². The minimum atomic E-state index is -0.870. The molecule has 214 valence electrons.